The van der Waals surface area contributed by atoms with E-state index in [0.717, 1.165) is 64.1 Å². The number of hydrogen-bond acceptors (Lipinski definition) is 5. The third-order valence-electron chi connectivity index (χ3n) is 9.78. The van der Waals surface area contributed by atoms with Crippen molar-refractivity contribution in [2.45, 2.75) is 63.2 Å². The molecule has 0 unspecified atom stereocenters. The molecule has 7 nitrogen and oxygen atoms in total. The van der Waals surface area contributed by atoms with Gasteiger partial charge in [0.2, 0.25) is 0 Å². The second-order valence-corrected chi connectivity index (χ2v) is 13.7. The smallest absolute Gasteiger partial charge is 0.194 e. The Morgan fingerprint density at radius 2 is 1.56 bits per heavy atom. The van der Waals surface area contributed by atoms with Crippen molar-refractivity contribution in [2.24, 2.45) is 10.7 Å². The van der Waals surface area contributed by atoms with Crippen molar-refractivity contribution in [1.29, 1.82) is 5.41 Å². The van der Waals surface area contributed by atoms with E-state index in [4.69, 9.17) is 28.9 Å². The van der Waals surface area contributed by atoms with Gasteiger partial charge in [0.05, 0.1) is 28.7 Å². The first-order valence-electron chi connectivity index (χ1n) is 16.3. The normalized spacial score (nSPS) is 22.8. The van der Waals surface area contributed by atoms with Crippen LogP contribution in [-0.2, 0) is 19.3 Å². The molecule has 0 amide bonds. The molecule has 238 valence electrons. The highest BCUT2D eigenvalue weighted by molar-refractivity contribution is 6.42. The van der Waals surface area contributed by atoms with Crippen LogP contribution in [0, 0.1) is 5.41 Å². The van der Waals surface area contributed by atoms with Crippen molar-refractivity contribution >= 4 is 35.1 Å². The Morgan fingerprint density at radius 1 is 0.867 bits per heavy atom. The van der Waals surface area contributed by atoms with Crippen molar-refractivity contribution in [2.75, 3.05) is 39.3 Å². The van der Waals surface area contributed by atoms with Gasteiger partial charge >= 0.3 is 0 Å². The molecular formula is C36H45Cl2N7. The van der Waals surface area contributed by atoms with Crippen molar-refractivity contribution in [3.8, 4) is 0 Å². The number of nitrogens with two attached hydrogens (primary N) is 1. The predicted octanol–water partition coefficient (Wildman–Crippen LogP) is 5.79. The van der Waals surface area contributed by atoms with E-state index < -0.39 is 0 Å². The average molecular weight is 647 g/mol. The van der Waals surface area contributed by atoms with Gasteiger partial charge in [-0.25, -0.2) is 0 Å². The van der Waals surface area contributed by atoms with Crippen molar-refractivity contribution in [1.82, 2.24) is 19.6 Å². The summed E-state index contributed by atoms with van der Waals surface area (Å²) >= 11 is 12.5. The second kappa shape index (κ2) is 14.4. The molecule has 9 heteroatoms. The van der Waals surface area contributed by atoms with Crippen molar-refractivity contribution in [3.05, 3.63) is 106 Å². The van der Waals surface area contributed by atoms with Crippen molar-refractivity contribution in [3.63, 3.8) is 0 Å². The Bertz CT molecular complexity index is 1470. The molecule has 3 aromatic carbocycles. The first kappa shape index (κ1) is 31.7. The lowest BCUT2D eigenvalue weighted by atomic mass is 10.0. The molecule has 45 heavy (non-hydrogen) atoms. The molecule has 3 N–H and O–H groups in total. The van der Waals surface area contributed by atoms with E-state index in [1.807, 2.05) is 18.2 Å². The van der Waals surface area contributed by atoms with Gasteiger partial charge in [0, 0.05) is 38.3 Å². The third kappa shape index (κ3) is 7.59. The van der Waals surface area contributed by atoms with E-state index in [9.17, 15) is 5.41 Å². The molecular weight excluding hydrogens is 601 g/mol. The molecule has 3 aliphatic rings. The SMILES string of the molecule is C[C@@H](CN1CCC[C@H]1CN1C(N)=NC[C@@H]1Cc1ccccc1)N1C[C@@H](Cc2ccccc2)N(CCc2ccc(Cl)c(Cl)c2)C1=N. The zero-order valence-corrected chi connectivity index (χ0v) is 27.7. The Morgan fingerprint density at radius 3 is 2.24 bits per heavy atom. The lowest BCUT2D eigenvalue weighted by molar-refractivity contribution is 0.163. The fourth-order valence-electron chi connectivity index (χ4n) is 7.32. The van der Waals surface area contributed by atoms with Crippen LogP contribution in [0.3, 0.4) is 0 Å². The van der Waals surface area contributed by atoms with Gasteiger partial charge in [-0.3, -0.25) is 15.3 Å². The molecule has 3 aromatic rings. The zero-order chi connectivity index (χ0) is 31.3. The van der Waals surface area contributed by atoms with Crippen LogP contribution < -0.4 is 5.73 Å². The molecule has 0 saturated carbocycles. The number of guanidine groups is 2. The maximum absolute atomic E-state index is 9.34. The number of aliphatic imine (C=N–C) groups is 1. The summed E-state index contributed by atoms with van der Waals surface area (Å²) in [4.78, 5) is 14.2. The molecule has 0 radical (unpaired) electrons. The summed E-state index contributed by atoms with van der Waals surface area (Å²) in [5.74, 6) is 1.30. The van der Waals surface area contributed by atoms with E-state index in [2.05, 4.69) is 92.2 Å². The molecule has 0 aromatic heterocycles. The van der Waals surface area contributed by atoms with Gasteiger partial charge in [0.1, 0.15) is 0 Å². The van der Waals surface area contributed by atoms with Crippen LogP contribution in [0.2, 0.25) is 10.0 Å². The molecule has 0 spiro atoms. The minimum atomic E-state index is 0.219. The number of nitrogens with one attached hydrogen (secondary N) is 1. The van der Waals surface area contributed by atoms with Gasteiger partial charge in [-0.2, -0.15) is 0 Å². The molecule has 2 saturated heterocycles. The molecule has 3 heterocycles. The number of likely N-dealkylation sites (tertiary alicyclic amines) is 1. The second-order valence-electron chi connectivity index (χ2n) is 12.8. The van der Waals surface area contributed by atoms with Crippen LogP contribution >= 0.6 is 23.2 Å². The molecule has 0 aliphatic carbocycles. The van der Waals surface area contributed by atoms with Crippen LogP contribution in [0.4, 0.5) is 0 Å². The van der Waals surface area contributed by atoms with Crippen LogP contribution in [0.1, 0.15) is 36.5 Å². The largest absolute Gasteiger partial charge is 0.370 e. The summed E-state index contributed by atoms with van der Waals surface area (Å²) in [5, 5.41) is 10.5. The van der Waals surface area contributed by atoms with Crippen LogP contribution in [0.15, 0.2) is 83.9 Å². The molecule has 3 aliphatic heterocycles. The van der Waals surface area contributed by atoms with Gasteiger partial charge in [0.25, 0.3) is 0 Å². The maximum atomic E-state index is 9.34. The van der Waals surface area contributed by atoms with Gasteiger partial charge < -0.3 is 20.4 Å². The molecule has 4 atom stereocenters. The quantitative estimate of drug-likeness (QED) is 0.261. The van der Waals surface area contributed by atoms with E-state index in [0.29, 0.717) is 34.0 Å². The Hall–Kier alpha value is -3.26. The van der Waals surface area contributed by atoms with Crippen LogP contribution in [-0.4, -0.2) is 95.0 Å². The Kier molecular flexibility index (Phi) is 10.2. The molecule has 0 bridgehead atoms. The summed E-state index contributed by atoms with van der Waals surface area (Å²) in [5.41, 5.74) is 10.2. The number of rotatable bonds is 12. The summed E-state index contributed by atoms with van der Waals surface area (Å²) in [6.45, 7) is 7.58. The minimum absolute atomic E-state index is 0.219. The number of nitrogens with zero attached hydrogens (tertiary/aromatic N) is 5. The summed E-state index contributed by atoms with van der Waals surface area (Å²) in [6, 6.07) is 28.4. The lowest BCUT2D eigenvalue weighted by Gasteiger charge is -2.36. The maximum Gasteiger partial charge on any atom is 0.194 e. The first-order chi connectivity index (χ1) is 21.9. The van der Waals surface area contributed by atoms with Gasteiger partial charge in [-0.1, -0.05) is 89.9 Å². The monoisotopic (exact) mass is 645 g/mol. The van der Waals surface area contributed by atoms with Gasteiger partial charge in [0.15, 0.2) is 11.9 Å². The molecule has 2 fully saturated rings. The highest BCUT2D eigenvalue weighted by atomic mass is 35.5. The number of halogens is 2. The van der Waals surface area contributed by atoms with E-state index in [1.165, 1.54) is 24.0 Å². The molecule has 6 rings (SSSR count). The van der Waals surface area contributed by atoms with Crippen LogP contribution in [0.25, 0.3) is 0 Å². The summed E-state index contributed by atoms with van der Waals surface area (Å²) < 4.78 is 0. The highest BCUT2D eigenvalue weighted by Gasteiger charge is 2.39. The zero-order valence-electron chi connectivity index (χ0n) is 26.2. The van der Waals surface area contributed by atoms with Crippen molar-refractivity contribution < 1.29 is 0 Å². The lowest BCUT2D eigenvalue weighted by Crippen LogP contribution is -2.51. The van der Waals surface area contributed by atoms with E-state index in [-0.39, 0.29) is 12.1 Å². The Labute approximate surface area is 278 Å². The third-order valence-corrected chi connectivity index (χ3v) is 10.5. The minimum Gasteiger partial charge on any atom is -0.370 e. The number of hydrogen-bond donors (Lipinski definition) is 2. The first-order valence-corrected chi connectivity index (χ1v) is 17.1. The fraction of sp³-hybridized carbons (Fsp3) is 0.444. The summed E-state index contributed by atoms with van der Waals surface area (Å²) in [7, 11) is 0. The highest BCUT2D eigenvalue weighted by Crippen LogP contribution is 2.27. The van der Waals surface area contributed by atoms with E-state index >= 15 is 0 Å². The van der Waals surface area contributed by atoms with Gasteiger partial charge in [-0.05, 0) is 74.4 Å². The summed E-state index contributed by atoms with van der Waals surface area (Å²) in [6.07, 6.45) is 5.04. The standard InChI is InChI=1S/C36H45Cl2N7/c1-26(23-42-17-8-13-30(42)24-45-31(22-41-35(45)39)19-27-9-4-2-5-10-27)44-25-32(20-28-11-6-3-7-12-28)43(36(44)40)18-16-29-14-15-33(37)34(38)21-29/h2-7,9-12,14-15,21,26,30-32,40H,8,13,16-20,22-25H2,1H3,(H2,39,41)/t26-,30-,31-,32+/m0/s1. The number of benzene rings is 3. The van der Waals surface area contributed by atoms with Gasteiger partial charge in [-0.15, -0.1) is 0 Å². The topological polar surface area (TPSA) is 75.2 Å². The van der Waals surface area contributed by atoms with E-state index in [1.54, 1.807) is 0 Å². The fourth-order valence-corrected chi connectivity index (χ4v) is 7.64. The van der Waals surface area contributed by atoms with Crippen LogP contribution in [0.5, 0.6) is 0 Å². The predicted molar refractivity (Wildman–Crippen MR) is 186 cm³/mol. The Balaban J connectivity index is 1.11. The average Bonchev–Trinajstić information content (AvgIpc) is 3.72.